The first-order chi connectivity index (χ1) is 7.25. The number of anilines is 1. The number of rotatable bonds is 1. The van der Waals surface area contributed by atoms with E-state index in [1.807, 2.05) is 19.3 Å². The molecule has 0 radical (unpaired) electrons. The molecule has 1 aromatic rings. The molecule has 2 heterocycles. The molecule has 0 spiro atoms. The molecule has 1 fully saturated rings. The van der Waals surface area contributed by atoms with E-state index in [9.17, 15) is 0 Å². The predicted octanol–water partition coefficient (Wildman–Crippen LogP) is -0.0511. The van der Waals surface area contributed by atoms with Gasteiger partial charge in [-0.25, -0.2) is 9.97 Å². The minimum absolute atomic E-state index is 0.0393. The van der Waals surface area contributed by atoms with Crippen LogP contribution in [0.4, 0.5) is 5.95 Å². The van der Waals surface area contributed by atoms with Gasteiger partial charge in [0.15, 0.2) is 0 Å². The van der Waals surface area contributed by atoms with E-state index in [-0.39, 0.29) is 6.04 Å². The second-order valence-electron chi connectivity index (χ2n) is 3.84. The molecule has 0 aromatic carbocycles. The van der Waals surface area contributed by atoms with Gasteiger partial charge in [0.1, 0.15) is 0 Å². The van der Waals surface area contributed by atoms with E-state index in [0.717, 1.165) is 24.6 Å². The van der Waals surface area contributed by atoms with E-state index in [4.69, 9.17) is 10.5 Å². The molecule has 0 saturated carbocycles. The summed E-state index contributed by atoms with van der Waals surface area (Å²) >= 11 is 0. The summed E-state index contributed by atoms with van der Waals surface area (Å²) in [5.74, 6) is 0.738. The van der Waals surface area contributed by atoms with Crippen molar-refractivity contribution in [2.45, 2.75) is 13.0 Å². The van der Waals surface area contributed by atoms with Crippen LogP contribution in [-0.2, 0) is 4.74 Å². The SMILES string of the molecule is Cc1cnc(N2CCOCC(N)C2)nc1. The van der Waals surface area contributed by atoms with E-state index < -0.39 is 0 Å². The minimum atomic E-state index is 0.0393. The summed E-state index contributed by atoms with van der Waals surface area (Å²) < 4.78 is 5.36. The Morgan fingerprint density at radius 1 is 1.47 bits per heavy atom. The van der Waals surface area contributed by atoms with E-state index in [2.05, 4.69) is 14.9 Å². The Morgan fingerprint density at radius 3 is 2.93 bits per heavy atom. The molecule has 0 amide bonds. The monoisotopic (exact) mass is 208 g/mol. The lowest BCUT2D eigenvalue weighted by atomic mass is 10.3. The molecule has 1 atom stereocenters. The molecule has 5 nitrogen and oxygen atoms in total. The molecule has 15 heavy (non-hydrogen) atoms. The van der Waals surface area contributed by atoms with Gasteiger partial charge in [0, 0.05) is 31.5 Å². The highest BCUT2D eigenvalue weighted by Crippen LogP contribution is 2.09. The maximum atomic E-state index is 5.87. The van der Waals surface area contributed by atoms with Crippen LogP contribution in [0.5, 0.6) is 0 Å². The van der Waals surface area contributed by atoms with Gasteiger partial charge in [0.2, 0.25) is 5.95 Å². The number of hydrogen-bond donors (Lipinski definition) is 1. The Labute approximate surface area is 89.3 Å². The van der Waals surface area contributed by atoms with Crippen molar-refractivity contribution in [3.05, 3.63) is 18.0 Å². The van der Waals surface area contributed by atoms with Crippen LogP contribution in [0.1, 0.15) is 5.56 Å². The first-order valence-corrected chi connectivity index (χ1v) is 5.12. The Balaban J connectivity index is 2.11. The van der Waals surface area contributed by atoms with Crippen molar-refractivity contribution in [1.29, 1.82) is 0 Å². The molecule has 2 N–H and O–H groups in total. The largest absolute Gasteiger partial charge is 0.378 e. The maximum Gasteiger partial charge on any atom is 0.225 e. The Bertz CT molecular complexity index is 314. The quantitative estimate of drug-likeness (QED) is 0.701. The summed E-state index contributed by atoms with van der Waals surface area (Å²) in [4.78, 5) is 10.6. The zero-order valence-corrected chi connectivity index (χ0v) is 8.89. The third kappa shape index (κ3) is 2.64. The van der Waals surface area contributed by atoms with Gasteiger partial charge < -0.3 is 15.4 Å². The van der Waals surface area contributed by atoms with Crippen LogP contribution in [-0.4, -0.2) is 42.3 Å². The fourth-order valence-corrected chi connectivity index (χ4v) is 1.57. The van der Waals surface area contributed by atoms with Crippen molar-refractivity contribution < 1.29 is 4.74 Å². The van der Waals surface area contributed by atoms with Crippen LogP contribution >= 0.6 is 0 Å². The zero-order chi connectivity index (χ0) is 10.7. The van der Waals surface area contributed by atoms with Crippen molar-refractivity contribution in [3.8, 4) is 0 Å². The highest BCUT2D eigenvalue weighted by atomic mass is 16.5. The van der Waals surface area contributed by atoms with Crippen LogP contribution in [0.15, 0.2) is 12.4 Å². The zero-order valence-electron chi connectivity index (χ0n) is 8.89. The standard InChI is InChI=1S/C10H16N4O/c1-8-4-12-10(13-5-8)14-2-3-15-7-9(11)6-14/h4-5,9H,2-3,6-7,11H2,1H3. The topological polar surface area (TPSA) is 64.3 Å². The van der Waals surface area contributed by atoms with Gasteiger partial charge in [-0.3, -0.25) is 0 Å². The molecule has 1 saturated heterocycles. The molecule has 1 aliphatic heterocycles. The average molecular weight is 208 g/mol. The lowest BCUT2D eigenvalue weighted by Crippen LogP contribution is -2.38. The van der Waals surface area contributed by atoms with E-state index >= 15 is 0 Å². The number of nitrogens with zero attached hydrogens (tertiary/aromatic N) is 3. The molecule has 1 aliphatic rings. The summed E-state index contributed by atoms with van der Waals surface area (Å²) in [6.45, 7) is 4.83. The number of aryl methyl sites for hydroxylation is 1. The van der Waals surface area contributed by atoms with E-state index in [1.165, 1.54) is 0 Å². The molecule has 1 unspecified atom stereocenters. The smallest absolute Gasteiger partial charge is 0.225 e. The van der Waals surface area contributed by atoms with Crippen LogP contribution < -0.4 is 10.6 Å². The lowest BCUT2D eigenvalue weighted by Gasteiger charge is -2.21. The van der Waals surface area contributed by atoms with Gasteiger partial charge in [-0.2, -0.15) is 0 Å². The number of nitrogens with two attached hydrogens (primary N) is 1. The van der Waals surface area contributed by atoms with Crippen LogP contribution in [0.3, 0.4) is 0 Å². The number of hydrogen-bond acceptors (Lipinski definition) is 5. The molecule has 0 aliphatic carbocycles. The van der Waals surface area contributed by atoms with Gasteiger partial charge >= 0.3 is 0 Å². The molecule has 5 heteroatoms. The van der Waals surface area contributed by atoms with Gasteiger partial charge in [-0.15, -0.1) is 0 Å². The highest BCUT2D eigenvalue weighted by Gasteiger charge is 2.17. The third-order valence-electron chi connectivity index (χ3n) is 2.34. The van der Waals surface area contributed by atoms with E-state index in [1.54, 1.807) is 0 Å². The summed E-state index contributed by atoms with van der Waals surface area (Å²) in [6, 6.07) is 0.0393. The lowest BCUT2D eigenvalue weighted by molar-refractivity contribution is 0.142. The van der Waals surface area contributed by atoms with Crippen LogP contribution in [0.25, 0.3) is 0 Å². The van der Waals surface area contributed by atoms with Crippen molar-refractivity contribution >= 4 is 5.95 Å². The summed E-state index contributed by atoms with van der Waals surface area (Å²) in [5.41, 5.74) is 6.93. The fraction of sp³-hybridized carbons (Fsp3) is 0.600. The van der Waals surface area contributed by atoms with Crippen molar-refractivity contribution in [1.82, 2.24) is 9.97 Å². The van der Waals surface area contributed by atoms with Crippen LogP contribution in [0.2, 0.25) is 0 Å². The Hall–Kier alpha value is -1.20. The average Bonchev–Trinajstić information content (AvgIpc) is 2.44. The second-order valence-corrected chi connectivity index (χ2v) is 3.84. The predicted molar refractivity (Wildman–Crippen MR) is 57.8 cm³/mol. The molecule has 0 bridgehead atoms. The molecule has 2 rings (SSSR count). The van der Waals surface area contributed by atoms with Gasteiger partial charge in [0.25, 0.3) is 0 Å². The van der Waals surface area contributed by atoms with Crippen molar-refractivity contribution in [2.75, 3.05) is 31.2 Å². The van der Waals surface area contributed by atoms with Gasteiger partial charge in [-0.1, -0.05) is 0 Å². The third-order valence-corrected chi connectivity index (χ3v) is 2.34. The van der Waals surface area contributed by atoms with Gasteiger partial charge in [0.05, 0.1) is 13.2 Å². The van der Waals surface area contributed by atoms with Crippen molar-refractivity contribution in [2.24, 2.45) is 5.73 Å². The highest BCUT2D eigenvalue weighted by molar-refractivity contribution is 5.30. The summed E-state index contributed by atoms with van der Waals surface area (Å²) in [7, 11) is 0. The van der Waals surface area contributed by atoms with Crippen molar-refractivity contribution in [3.63, 3.8) is 0 Å². The molecular formula is C10H16N4O. The second kappa shape index (κ2) is 4.55. The summed E-state index contributed by atoms with van der Waals surface area (Å²) in [6.07, 6.45) is 3.64. The molecular weight excluding hydrogens is 192 g/mol. The number of aromatic nitrogens is 2. The normalized spacial score (nSPS) is 22.5. The van der Waals surface area contributed by atoms with E-state index in [0.29, 0.717) is 13.2 Å². The molecule has 82 valence electrons. The minimum Gasteiger partial charge on any atom is -0.378 e. The van der Waals surface area contributed by atoms with Gasteiger partial charge in [-0.05, 0) is 12.5 Å². The first kappa shape index (κ1) is 10.3. The Kier molecular flexibility index (Phi) is 3.13. The summed E-state index contributed by atoms with van der Waals surface area (Å²) in [5, 5.41) is 0. The maximum absolute atomic E-state index is 5.87. The van der Waals surface area contributed by atoms with Crippen LogP contribution in [0, 0.1) is 6.92 Å². The molecule has 1 aromatic heterocycles. The first-order valence-electron chi connectivity index (χ1n) is 5.12. The number of ether oxygens (including phenoxy) is 1. The Morgan fingerprint density at radius 2 is 2.20 bits per heavy atom. The fourth-order valence-electron chi connectivity index (χ4n) is 1.57.